The van der Waals surface area contributed by atoms with E-state index in [1.54, 1.807) is 25.1 Å². The fourth-order valence-electron chi connectivity index (χ4n) is 4.31. The predicted molar refractivity (Wildman–Crippen MR) is 100 cm³/mol. The summed E-state index contributed by atoms with van der Waals surface area (Å²) in [6.45, 7) is 3.81. The molecule has 1 unspecified atom stereocenters. The van der Waals surface area contributed by atoms with E-state index in [0.29, 0.717) is 28.2 Å². The molecule has 0 radical (unpaired) electrons. The number of esters is 1. The van der Waals surface area contributed by atoms with Crippen LogP contribution in [0.1, 0.15) is 25.8 Å². The van der Waals surface area contributed by atoms with E-state index in [1.807, 2.05) is 6.92 Å². The van der Waals surface area contributed by atoms with Crippen LogP contribution in [0.4, 0.5) is 0 Å². The molecule has 3 aliphatic rings. The van der Waals surface area contributed by atoms with Gasteiger partial charge in [-0.15, -0.1) is 0 Å². The first kappa shape index (κ1) is 19.9. The summed E-state index contributed by atoms with van der Waals surface area (Å²) in [4.78, 5) is 25.1. The second-order valence-corrected chi connectivity index (χ2v) is 7.59. The largest absolute Gasteiger partial charge is 0.457 e. The molecule has 156 valence electrons. The topological polar surface area (TPSA) is 101 Å². The van der Waals surface area contributed by atoms with E-state index < -0.39 is 23.8 Å². The Morgan fingerprint density at radius 1 is 1.10 bits per heavy atom. The lowest BCUT2D eigenvalue weighted by Gasteiger charge is -2.41. The van der Waals surface area contributed by atoms with Crippen LogP contribution in [-0.2, 0) is 23.8 Å². The molecule has 1 aromatic carbocycles. The van der Waals surface area contributed by atoms with Gasteiger partial charge in [-0.2, -0.15) is 0 Å². The number of benzene rings is 1. The number of hydrogen-bond donors (Lipinski definition) is 1. The van der Waals surface area contributed by atoms with Crippen molar-refractivity contribution in [1.82, 2.24) is 0 Å². The Bertz CT molecular complexity index is 885. The number of hydrogen-bond acceptors (Lipinski definition) is 8. The van der Waals surface area contributed by atoms with Gasteiger partial charge >= 0.3 is 5.97 Å². The van der Waals surface area contributed by atoms with Crippen LogP contribution in [0.25, 0.3) is 5.57 Å². The van der Waals surface area contributed by atoms with Gasteiger partial charge in [0.1, 0.15) is 12.2 Å². The zero-order chi connectivity index (χ0) is 20.9. The van der Waals surface area contributed by atoms with Crippen molar-refractivity contribution in [3.8, 4) is 11.5 Å². The highest BCUT2D eigenvalue weighted by Crippen LogP contribution is 2.46. The molecule has 1 aromatic rings. The number of methoxy groups -OCH3 is 2. The van der Waals surface area contributed by atoms with Crippen molar-refractivity contribution >= 4 is 17.3 Å². The Hall–Kier alpha value is -2.42. The van der Waals surface area contributed by atoms with E-state index in [1.165, 1.54) is 14.2 Å². The minimum absolute atomic E-state index is 0.0719. The average Bonchev–Trinajstić information content (AvgIpc) is 3.28. The van der Waals surface area contributed by atoms with Gasteiger partial charge in [-0.1, -0.05) is 19.9 Å². The lowest BCUT2D eigenvalue weighted by molar-refractivity contribution is -0.236. The van der Waals surface area contributed by atoms with Crippen molar-refractivity contribution in [2.75, 3.05) is 21.0 Å². The van der Waals surface area contributed by atoms with Crippen LogP contribution in [-0.4, -0.2) is 55.9 Å². The minimum Gasteiger partial charge on any atom is -0.457 e. The van der Waals surface area contributed by atoms with Crippen molar-refractivity contribution in [3.05, 3.63) is 29.3 Å². The third-order valence-corrected chi connectivity index (χ3v) is 6.23. The van der Waals surface area contributed by atoms with Gasteiger partial charge in [0.15, 0.2) is 17.3 Å². The van der Waals surface area contributed by atoms with Gasteiger partial charge < -0.3 is 28.8 Å². The molecule has 2 aliphatic heterocycles. The lowest BCUT2D eigenvalue weighted by atomic mass is 9.75. The van der Waals surface area contributed by atoms with E-state index >= 15 is 0 Å². The lowest BCUT2D eigenvalue weighted by Crippen LogP contribution is -2.56. The molecule has 1 aliphatic carbocycles. The fraction of sp³-hybridized carbons (Fsp3) is 0.524. The molecular weight excluding hydrogens is 380 g/mol. The molecule has 0 bridgehead atoms. The summed E-state index contributed by atoms with van der Waals surface area (Å²) >= 11 is 0. The predicted octanol–water partition coefficient (Wildman–Crippen LogP) is 1.69. The number of ketones is 1. The molecular formula is C21H24O8. The van der Waals surface area contributed by atoms with Crippen molar-refractivity contribution in [2.45, 2.75) is 38.3 Å². The van der Waals surface area contributed by atoms with Gasteiger partial charge in [-0.25, -0.2) is 0 Å². The Balaban J connectivity index is 1.90. The van der Waals surface area contributed by atoms with Crippen LogP contribution in [0, 0.1) is 11.8 Å². The van der Waals surface area contributed by atoms with Crippen LogP contribution in [0.15, 0.2) is 23.8 Å². The number of ether oxygens (including phenoxy) is 5. The normalized spacial score (nSPS) is 30.7. The van der Waals surface area contributed by atoms with Gasteiger partial charge in [0.25, 0.3) is 5.79 Å². The van der Waals surface area contributed by atoms with Gasteiger partial charge in [0.2, 0.25) is 6.79 Å². The molecule has 0 aromatic heterocycles. The van der Waals surface area contributed by atoms with Crippen LogP contribution >= 0.6 is 0 Å². The molecule has 29 heavy (non-hydrogen) atoms. The molecule has 4 atom stereocenters. The Morgan fingerprint density at radius 3 is 2.41 bits per heavy atom. The molecule has 0 saturated carbocycles. The second-order valence-electron chi connectivity index (χ2n) is 7.59. The van der Waals surface area contributed by atoms with Crippen molar-refractivity contribution in [2.24, 2.45) is 11.8 Å². The molecule has 2 heterocycles. The number of fused-ring (bicyclic) bond motifs is 1. The molecule has 0 amide bonds. The molecule has 0 spiro atoms. The van der Waals surface area contributed by atoms with Gasteiger partial charge in [-0.05, 0) is 28.8 Å². The van der Waals surface area contributed by atoms with E-state index in [2.05, 4.69) is 0 Å². The molecule has 8 heteroatoms. The molecule has 1 fully saturated rings. The summed E-state index contributed by atoms with van der Waals surface area (Å²) in [5.74, 6) is -1.94. The zero-order valence-electron chi connectivity index (χ0n) is 16.8. The minimum atomic E-state index is -1.84. The van der Waals surface area contributed by atoms with Crippen molar-refractivity contribution < 1.29 is 38.4 Å². The Kier molecular flexibility index (Phi) is 4.88. The SMILES string of the molecule is COC1(OC)C(=O)CC([C@@H]2OC(=O)[C@@H](C)[C@H]2C)=C(c2ccc3c(c2)OCO3)C1O. The van der Waals surface area contributed by atoms with Crippen LogP contribution < -0.4 is 9.47 Å². The number of aliphatic hydroxyl groups is 1. The number of rotatable bonds is 4. The molecule has 1 saturated heterocycles. The van der Waals surface area contributed by atoms with Gasteiger partial charge in [0.05, 0.1) is 5.92 Å². The third kappa shape index (κ3) is 2.86. The summed E-state index contributed by atoms with van der Waals surface area (Å²) < 4.78 is 27.2. The van der Waals surface area contributed by atoms with Crippen molar-refractivity contribution in [3.63, 3.8) is 0 Å². The summed E-state index contributed by atoms with van der Waals surface area (Å²) in [6, 6.07) is 5.24. The van der Waals surface area contributed by atoms with E-state index in [-0.39, 0.29) is 31.0 Å². The molecule has 8 nitrogen and oxygen atoms in total. The maximum Gasteiger partial charge on any atom is 0.309 e. The highest BCUT2D eigenvalue weighted by molar-refractivity contribution is 5.98. The van der Waals surface area contributed by atoms with Crippen LogP contribution in [0.3, 0.4) is 0 Å². The zero-order valence-corrected chi connectivity index (χ0v) is 16.8. The van der Waals surface area contributed by atoms with Gasteiger partial charge in [0, 0.05) is 26.6 Å². The molecule has 1 N–H and O–H groups in total. The van der Waals surface area contributed by atoms with Crippen LogP contribution in [0.2, 0.25) is 0 Å². The summed E-state index contributed by atoms with van der Waals surface area (Å²) in [7, 11) is 2.63. The maximum atomic E-state index is 13.0. The Morgan fingerprint density at radius 2 is 1.79 bits per heavy atom. The monoisotopic (exact) mass is 404 g/mol. The Labute approximate surface area is 168 Å². The molecule has 4 rings (SSSR count). The highest BCUT2D eigenvalue weighted by atomic mass is 16.7. The number of carbonyl (C=O) groups is 2. The van der Waals surface area contributed by atoms with E-state index in [0.717, 1.165) is 0 Å². The summed E-state index contributed by atoms with van der Waals surface area (Å²) in [5.41, 5.74) is 1.60. The van der Waals surface area contributed by atoms with E-state index in [9.17, 15) is 14.7 Å². The number of cyclic esters (lactones) is 1. The number of Topliss-reactive ketones (excluding diaryl/α,β-unsaturated/α-hetero) is 1. The smallest absolute Gasteiger partial charge is 0.309 e. The fourth-order valence-corrected chi connectivity index (χ4v) is 4.31. The van der Waals surface area contributed by atoms with Crippen molar-refractivity contribution in [1.29, 1.82) is 0 Å². The maximum absolute atomic E-state index is 13.0. The first-order valence-corrected chi connectivity index (χ1v) is 9.49. The van der Waals surface area contributed by atoms with E-state index in [4.69, 9.17) is 23.7 Å². The third-order valence-electron chi connectivity index (χ3n) is 6.23. The first-order valence-electron chi connectivity index (χ1n) is 9.49. The quantitative estimate of drug-likeness (QED) is 0.598. The number of carbonyl (C=O) groups excluding carboxylic acids is 2. The second kappa shape index (κ2) is 7.12. The highest BCUT2D eigenvalue weighted by Gasteiger charge is 2.55. The number of aliphatic hydroxyl groups excluding tert-OH is 1. The standard InChI is InChI=1S/C21H24O8/c1-10-11(2)20(24)29-18(10)13-8-16(22)21(25-3,26-4)19(23)17(13)12-5-6-14-15(7-12)28-9-27-14/h5-7,10-11,18-19,23H,8-9H2,1-4H3/t10-,11+,18-,19?/m1/s1. The van der Waals surface area contributed by atoms with Crippen LogP contribution in [0.5, 0.6) is 11.5 Å². The summed E-state index contributed by atoms with van der Waals surface area (Å²) in [5, 5.41) is 11.3. The first-order chi connectivity index (χ1) is 13.8. The summed E-state index contributed by atoms with van der Waals surface area (Å²) in [6.07, 6.45) is -2.11. The average molecular weight is 404 g/mol. The van der Waals surface area contributed by atoms with Gasteiger partial charge in [-0.3, -0.25) is 9.59 Å².